The van der Waals surface area contributed by atoms with Gasteiger partial charge in [-0.25, -0.2) is 4.79 Å². The Morgan fingerprint density at radius 3 is 2.50 bits per heavy atom. The Morgan fingerprint density at radius 1 is 1.33 bits per heavy atom. The van der Waals surface area contributed by atoms with E-state index in [4.69, 9.17) is 9.47 Å². The second kappa shape index (κ2) is 2.09. The van der Waals surface area contributed by atoms with E-state index in [1.165, 1.54) is 0 Å². The second-order valence-corrected chi connectivity index (χ2v) is 3.19. The fraction of sp³-hybridized carbons (Fsp3) is 0.500. The zero-order valence-corrected chi connectivity index (χ0v) is 6.46. The molecular weight excluding hydrogens is 160 g/mol. The molecule has 64 valence electrons. The first-order valence-electron chi connectivity index (χ1n) is 3.68. The van der Waals surface area contributed by atoms with Gasteiger partial charge in [0.15, 0.2) is 5.60 Å². The van der Waals surface area contributed by atoms with Crippen LogP contribution in [0.1, 0.15) is 12.8 Å². The van der Waals surface area contributed by atoms with Crippen molar-refractivity contribution in [1.29, 1.82) is 0 Å². The average Bonchev–Trinajstić information content (AvgIpc) is 2.42. The highest BCUT2D eigenvalue weighted by atomic mass is 16.6. The fourth-order valence-corrected chi connectivity index (χ4v) is 1.52. The molecule has 0 aromatic carbocycles. The molecule has 2 fully saturated rings. The average molecular weight is 168 g/mol. The Morgan fingerprint density at radius 2 is 2.08 bits per heavy atom. The highest BCUT2D eigenvalue weighted by Crippen LogP contribution is 2.36. The summed E-state index contributed by atoms with van der Waals surface area (Å²) in [6.07, 6.45) is 0.579. The van der Waals surface area contributed by atoms with Gasteiger partial charge in [-0.15, -0.1) is 0 Å². The third-order valence-corrected chi connectivity index (χ3v) is 2.10. The third-order valence-electron chi connectivity index (χ3n) is 2.10. The van der Waals surface area contributed by atoms with Crippen LogP contribution >= 0.6 is 0 Å². The van der Waals surface area contributed by atoms with Gasteiger partial charge in [0.1, 0.15) is 6.61 Å². The van der Waals surface area contributed by atoms with Crippen LogP contribution in [0.3, 0.4) is 0 Å². The molecule has 1 atom stereocenters. The van der Waals surface area contributed by atoms with Crippen molar-refractivity contribution in [3.05, 3.63) is 12.2 Å². The number of carbonyl (C=O) groups is 2. The van der Waals surface area contributed by atoms with Crippen molar-refractivity contribution < 1.29 is 19.1 Å². The van der Waals surface area contributed by atoms with Crippen LogP contribution in [0.2, 0.25) is 0 Å². The highest BCUT2D eigenvalue weighted by Gasteiger charge is 2.49. The summed E-state index contributed by atoms with van der Waals surface area (Å²) in [7, 11) is 0. The monoisotopic (exact) mass is 168 g/mol. The van der Waals surface area contributed by atoms with Gasteiger partial charge in [-0.05, 0) is 0 Å². The minimum Gasteiger partial charge on any atom is -0.461 e. The number of hydrogen-bond donors (Lipinski definition) is 0. The largest absolute Gasteiger partial charge is 0.461 e. The molecule has 0 amide bonds. The molecule has 0 bridgehead atoms. The van der Waals surface area contributed by atoms with E-state index in [0.717, 1.165) is 0 Å². The van der Waals surface area contributed by atoms with E-state index in [1.807, 2.05) is 0 Å². The third kappa shape index (κ3) is 0.913. The topological polar surface area (TPSA) is 52.6 Å². The summed E-state index contributed by atoms with van der Waals surface area (Å²) in [5, 5.41) is 0. The molecule has 2 aliphatic heterocycles. The van der Waals surface area contributed by atoms with E-state index in [9.17, 15) is 9.59 Å². The van der Waals surface area contributed by atoms with Gasteiger partial charge < -0.3 is 9.47 Å². The van der Waals surface area contributed by atoms with Crippen LogP contribution in [0.5, 0.6) is 0 Å². The van der Waals surface area contributed by atoms with Gasteiger partial charge in [0.2, 0.25) is 0 Å². The van der Waals surface area contributed by atoms with Gasteiger partial charge in [0.05, 0.1) is 6.42 Å². The van der Waals surface area contributed by atoms with Crippen LogP contribution in [0.15, 0.2) is 12.2 Å². The van der Waals surface area contributed by atoms with Gasteiger partial charge in [-0.2, -0.15) is 0 Å². The smallest absolute Gasteiger partial charge is 0.334 e. The maximum Gasteiger partial charge on any atom is 0.334 e. The number of ether oxygens (including phenoxy) is 2. The van der Waals surface area contributed by atoms with Crippen molar-refractivity contribution in [3.8, 4) is 0 Å². The van der Waals surface area contributed by atoms with Gasteiger partial charge in [-0.3, -0.25) is 4.79 Å². The predicted molar refractivity (Wildman–Crippen MR) is 38.2 cm³/mol. The summed E-state index contributed by atoms with van der Waals surface area (Å²) in [6.45, 7) is 3.71. The van der Waals surface area contributed by atoms with E-state index in [0.29, 0.717) is 12.0 Å². The van der Waals surface area contributed by atoms with Gasteiger partial charge >= 0.3 is 11.9 Å². The summed E-state index contributed by atoms with van der Waals surface area (Å²) < 4.78 is 9.74. The zero-order chi connectivity index (χ0) is 8.77. The van der Waals surface area contributed by atoms with Crippen LogP contribution in [-0.4, -0.2) is 24.1 Å². The first kappa shape index (κ1) is 7.34. The van der Waals surface area contributed by atoms with E-state index < -0.39 is 11.6 Å². The van der Waals surface area contributed by atoms with Gasteiger partial charge in [0, 0.05) is 12.0 Å². The summed E-state index contributed by atoms with van der Waals surface area (Å²) in [5.74, 6) is -0.717. The molecule has 4 nitrogen and oxygen atoms in total. The van der Waals surface area contributed by atoms with Crippen LogP contribution in [0, 0.1) is 0 Å². The van der Waals surface area contributed by atoms with Crippen LogP contribution in [0.25, 0.3) is 0 Å². The summed E-state index contributed by atoms with van der Waals surface area (Å²) in [6, 6.07) is 0. The van der Waals surface area contributed by atoms with Crippen molar-refractivity contribution in [3.63, 3.8) is 0 Å². The number of carbonyl (C=O) groups excluding carboxylic acids is 2. The Kier molecular flexibility index (Phi) is 1.28. The van der Waals surface area contributed by atoms with Crippen molar-refractivity contribution in [2.24, 2.45) is 0 Å². The molecule has 0 aromatic rings. The molecular formula is C8H8O4. The summed E-state index contributed by atoms with van der Waals surface area (Å²) in [5.41, 5.74) is -0.293. The quantitative estimate of drug-likeness (QED) is 0.382. The number of rotatable bonds is 0. The molecule has 2 heterocycles. The molecule has 0 radical (unpaired) electrons. The molecule has 12 heavy (non-hydrogen) atoms. The molecule has 4 heteroatoms. The fourth-order valence-electron chi connectivity index (χ4n) is 1.52. The minimum absolute atomic E-state index is 0.164. The molecule has 1 spiro atoms. The van der Waals surface area contributed by atoms with Crippen molar-refractivity contribution in [1.82, 2.24) is 0 Å². The first-order chi connectivity index (χ1) is 5.61. The normalized spacial score (nSPS) is 34.2. The molecule has 0 saturated carbocycles. The van der Waals surface area contributed by atoms with Crippen LogP contribution in [-0.2, 0) is 19.1 Å². The highest BCUT2D eigenvalue weighted by molar-refractivity contribution is 5.91. The lowest BCUT2D eigenvalue weighted by Crippen LogP contribution is -2.28. The van der Waals surface area contributed by atoms with Crippen molar-refractivity contribution >= 4 is 11.9 Å². The van der Waals surface area contributed by atoms with E-state index in [2.05, 4.69) is 6.58 Å². The van der Waals surface area contributed by atoms with Gasteiger partial charge in [-0.1, -0.05) is 6.58 Å². The minimum atomic E-state index is -0.717. The zero-order valence-electron chi connectivity index (χ0n) is 6.46. The molecule has 2 aliphatic rings. The summed E-state index contributed by atoms with van der Waals surface area (Å²) >= 11 is 0. The lowest BCUT2D eigenvalue weighted by molar-refractivity contribution is -0.146. The number of esters is 2. The van der Waals surface area contributed by atoms with Crippen molar-refractivity contribution in [2.45, 2.75) is 18.4 Å². The molecule has 0 aliphatic carbocycles. The molecule has 2 rings (SSSR count). The molecule has 0 aromatic heterocycles. The Labute approximate surface area is 69.1 Å². The maximum absolute atomic E-state index is 11.0. The van der Waals surface area contributed by atoms with E-state index in [1.54, 1.807) is 0 Å². The first-order valence-corrected chi connectivity index (χ1v) is 3.68. The number of cyclic esters (lactones) is 1. The van der Waals surface area contributed by atoms with E-state index >= 15 is 0 Å². The lowest BCUT2D eigenvalue weighted by atomic mass is 9.97. The number of hydrogen-bond acceptors (Lipinski definition) is 4. The predicted octanol–water partition coefficient (Wildman–Crippen LogP) is 0.175. The molecule has 0 N–H and O–H groups in total. The van der Waals surface area contributed by atoms with Gasteiger partial charge in [0.25, 0.3) is 0 Å². The second-order valence-electron chi connectivity index (χ2n) is 3.19. The Bertz CT molecular complexity index is 263. The Balaban J connectivity index is 2.21. The SMILES string of the molecule is C=C1CC2(COC(=O)C2)OC1=O. The van der Waals surface area contributed by atoms with E-state index in [-0.39, 0.29) is 19.0 Å². The van der Waals surface area contributed by atoms with Crippen molar-refractivity contribution in [2.75, 3.05) is 6.61 Å². The maximum atomic E-state index is 11.0. The molecule has 2 saturated heterocycles. The summed E-state index contributed by atoms with van der Waals surface area (Å²) in [4.78, 5) is 21.7. The lowest BCUT2D eigenvalue weighted by Gasteiger charge is -2.15. The Hall–Kier alpha value is -1.32. The van der Waals surface area contributed by atoms with Crippen LogP contribution < -0.4 is 0 Å². The standard InChI is InChI=1S/C8H8O4/c1-5-2-8(12-7(5)10)3-6(9)11-4-8/h1-4H2. The van der Waals surface area contributed by atoms with Crippen LogP contribution in [0.4, 0.5) is 0 Å². The molecule has 1 unspecified atom stereocenters.